The Labute approximate surface area is 451 Å². The Morgan fingerprint density at radius 1 is 0.514 bits per heavy atom. The molecule has 1 fully saturated rings. The van der Waals surface area contributed by atoms with E-state index in [0.717, 1.165) is 83.5 Å². The second-order valence-corrected chi connectivity index (χ2v) is 21.3. The molecule has 12 nitrogen and oxygen atoms in total. The quantitative estimate of drug-likeness (QED) is 0.0196. The summed E-state index contributed by atoms with van der Waals surface area (Å²) in [6, 6.07) is 0. The topological polar surface area (TPSA) is 178 Å². The molecule has 0 aromatic rings. The van der Waals surface area contributed by atoms with Crippen molar-refractivity contribution in [1.82, 2.24) is 0 Å². The van der Waals surface area contributed by atoms with Crippen molar-refractivity contribution in [2.75, 3.05) is 26.4 Å². The first-order valence-electron chi connectivity index (χ1n) is 29.7. The molecule has 1 aliphatic rings. The smallest absolute Gasteiger partial charge is 0.397 e. The van der Waals surface area contributed by atoms with Crippen molar-refractivity contribution in [3.8, 4) is 0 Å². The summed E-state index contributed by atoms with van der Waals surface area (Å²) >= 11 is 0. The van der Waals surface area contributed by atoms with E-state index in [9.17, 15) is 33.1 Å². The Balaban J connectivity index is 2.31. The van der Waals surface area contributed by atoms with Crippen LogP contribution >= 0.6 is 0 Å². The standard InChI is InChI=1S/C61H108O12S/c1-3-5-7-9-11-13-15-17-19-21-23-25-27-28-29-30-32-34-36-38-40-42-44-46-48-50-57(63)71-55(54-70-61-59(65)60(73-74(66,67)68)58(64)56(52-62)72-61)53-69-51-49-47-45-43-41-39-37-35-33-31-26-24-22-20-18-16-14-12-10-8-6-4-2/h15-18,21-24,27-28,31,33,55-56,58-62,64-65H,3-14,19-20,25-26,29-30,32,34-54H2,1-2H3,(H,66,67,68)/b17-15-,18-16-,23-21-,24-22-,28-27-,33-31-. The molecule has 13 heteroatoms. The van der Waals surface area contributed by atoms with Gasteiger partial charge in [-0.05, 0) is 89.9 Å². The van der Waals surface area contributed by atoms with Crippen LogP contribution in [0.4, 0.5) is 0 Å². The van der Waals surface area contributed by atoms with Gasteiger partial charge < -0.3 is 34.3 Å². The molecule has 430 valence electrons. The summed E-state index contributed by atoms with van der Waals surface area (Å²) in [6.45, 7) is 3.96. The molecule has 1 heterocycles. The van der Waals surface area contributed by atoms with Crippen molar-refractivity contribution >= 4 is 16.4 Å². The van der Waals surface area contributed by atoms with E-state index in [1.54, 1.807) is 0 Å². The van der Waals surface area contributed by atoms with Crippen LogP contribution in [0, 0.1) is 0 Å². The van der Waals surface area contributed by atoms with E-state index in [4.69, 9.17) is 18.9 Å². The fourth-order valence-corrected chi connectivity index (χ4v) is 9.31. The van der Waals surface area contributed by atoms with Gasteiger partial charge in [0.05, 0.1) is 19.8 Å². The average molecular weight is 1070 g/mol. The van der Waals surface area contributed by atoms with Gasteiger partial charge in [0.15, 0.2) is 6.29 Å². The van der Waals surface area contributed by atoms with Crippen molar-refractivity contribution in [2.45, 2.75) is 282 Å². The second-order valence-electron chi connectivity index (χ2n) is 20.2. The highest BCUT2D eigenvalue weighted by Crippen LogP contribution is 2.26. The number of carbonyl (C=O) groups excluding carboxylic acids is 1. The maximum atomic E-state index is 13.0. The number of ether oxygens (including phenoxy) is 4. The number of allylic oxidation sites excluding steroid dienone is 12. The number of hydrogen-bond acceptors (Lipinski definition) is 11. The van der Waals surface area contributed by atoms with E-state index in [1.807, 2.05) is 0 Å². The van der Waals surface area contributed by atoms with Crippen LogP contribution in [-0.4, -0.2) is 97.5 Å². The number of aliphatic hydroxyl groups is 3. The minimum absolute atomic E-state index is 0.0249. The van der Waals surface area contributed by atoms with Crippen LogP contribution in [0.5, 0.6) is 0 Å². The molecule has 0 aromatic carbocycles. The SMILES string of the molecule is CCCCCCC/C=C\C/C=C\C/C=C\CCCCCCCCCCCCC(=O)OC(COCCCCCCCCC/C=C\C/C=C\C/C=C\CCCCCCC)COC1OC(CO)C(O)C(OS(=O)(=O)O)C1O. The average Bonchev–Trinajstić information content (AvgIpc) is 3.38. The normalized spacial score (nSPS) is 19.2. The molecule has 6 unspecified atom stereocenters. The third kappa shape index (κ3) is 43.6. The highest BCUT2D eigenvalue weighted by atomic mass is 32.3. The van der Waals surface area contributed by atoms with Gasteiger partial charge in [-0.2, -0.15) is 8.42 Å². The number of aliphatic hydroxyl groups excluding tert-OH is 3. The summed E-state index contributed by atoms with van der Waals surface area (Å²) in [7, 11) is -5.07. The van der Waals surface area contributed by atoms with Crippen LogP contribution in [0.3, 0.4) is 0 Å². The first-order valence-corrected chi connectivity index (χ1v) is 31.1. The summed E-state index contributed by atoms with van der Waals surface area (Å²) in [5.74, 6) is -0.407. The molecule has 0 amide bonds. The molecule has 0 aromatic heterocycles. The second kappa shape index (κ2) is 51.3. The van der Waals surface area contributed by atoms with E-state index in [1.165, 1.54) is 135 Å². The molecular formula is C61H108O12S. The zero-order valence-corrected chi connectivity index (χ0v) is 47.5. The Morgan fingerprint density at radius 2 is 0.892 bits per heavy atom. The highest BCUT2D eigenvalue weighted by Gasteiger charge is 2.48. The van der Waals surface area contributed by atoms with Crippen molar-refractivity contribution in [3.63, 3.8) is 0 Å². The van der Waals surface area contributed by atoms with E-state index in [0.29, 0.717) is 13.0 Å². The first-order chi connectivity index (χ1) is 36.1. The third-order valence-electron chi connectivity index (χ3n) is 13.3. The van der Waals surface area contributed by atoms with Crippen molar-refractivity contribution < 1.29 is 56.2 Å². The predicted molar refractivity (Wildman–Crippen MR) is 303 cm³/mol. The Kier molecular flexibility index (Phi) is 48.2. The lowest BCUT2D eigenvalue weighted by atomic mass is 9.99. The maximum Gasteiger partial charge on any atom is 0.397 e. The van der Waals surface area contributed by atoms with E-state index >= 15 is 0 Å². The number of unbranched alkanes of at least 4 members (excludes halogenated alkanes) is 27. The highest BCUT2D eigenvalue weighted by molar-refractivity contribution is 7.80. The monoisotopic (exact) mass is 1060 g/mol. The first kappa shape index (κ1) is 69.6. The van der Waals surface area contributed by atoms with E-state index in [-0.39, 0.29) is 19.6 Å². The maximum absolute atomic E-state index is 13.0. The molecule has 4 N–H and O–H groups in total. The van der Waals surface area contributed by atoms with Crippen molar-refractivity contribution in [1.29, 1.82) is 0 Å². The molecule has 74 heavy (non-hydrogen) atoms. The minimum Gasteiger partial charge on any atom is -0.457 e. The Hall–Kier alpha value is -2.46. The molecule has 6 atom stereocenters. The lowest BCUT2D eigenvalue weighted by molar-refractivity contribution is -0.301. The van der Waals surface area contributed by atoms with Gasteiger partial charge in [0.25, 0.3) is 0 Å². The van der Waals surface area contributed by atoms with Crippen LogP contribution in [0.1, 0.15) is 245 Å². The molecule has 1 rings (SSSR count). The number of esters is 1. The summed E-state index contributed by atoms with van der Waals surface area (Å²) in [4.78, 5) is 13.0. The molecule has 0 saturated carbocycles. The Morgan fingerprint density at radius 3 is 1.30 bits per heavy atom. The summed E-state index contributed by atoms with van der Waals surface area (Å²) in [6.07, 6.45) is 59.3. The van der Waals surface area contributed by atoms with Gasteiger partial charge >= 0.3 is 16.4 Å². The largest absolute Gasteiger partial charge is 0.457 e. The van der Waals surface area contributed by atoms with Crippen molar-refractivity contribution in [3.05, 3.63) is 72.9 Å². The summed E-state index contributed by atoms with van der Waals surface area (Å²) in [5, 5.41) is 30.9. The fraction of sp³-hybridized carbons (Fsp3) is 0.787. The molecular weight excluding hydrogens is 957 g/mol. The fourth-order valence-electron chi connectivity index (χ4n) is 8.81. The van der Waals surface area contributed by atoms with Gasteiger partial charge in [0.2, 0.25) is 0 Å². The number of carbonyl (C=O) groups is 1. The predicted octanol–water partition coefficient (Wildman–Crippen LogP) is 15.0. The molecule has 0 aliphatic carbocycles. The zero-order valence-electron chi connectivity index (χ0n) is 46.6. The van der Waals surface area contributed by atoms with Gasteiger partial charge in [-0.25, -0.2) is 4.18 Å². The summed E-state index contributed by atoms with van der Waals surface area (Å²) < 4.78 is 59.5. The van der Waals surface area contributed by atoms with E-state index < -0.39 is 59.8 Å². The van der Waals surface area contributed by atoms with Crippen LogP contribution in [-0.2, 0) is 38.3 Å². The lowest BCUT2D eigenvalue weighted by Crippen LogP contribution is -2.60. The van der Waals surface area contributed by atoms with Crippen molar-refractivity contribution in [2.24, 2.45) is 0 Å². The van der Waals surface area contributed by atoms with Crippen LogP contribution in [0.2, 0.25) is 0 Å². The molecule has 0 spiro atoms. The molecule has 1 saturated heterocycles. The van der Waals surface area contributed by atoms with Gasteiger partial charge in [-0.15, -0.1) is 0 Å². The van der Waals surface area contributed by atoms with Crippen LogP contribution in [0.15, 0.2) is 72.9 Å². The molecule has 0 radical (unpaired) electrons. The molecule has 1 aliphatic heterocycles. The zero-order chi connectivity index (χ0) is 53.8. The number of rotatable bonds is 52. The van der Waals surface area contributed by atoms with Crippen LogP contribution < -0.4 is 0 Å². The third-order valence-corrected chi connectivity index (χ3v) is 13.8. The lowest BCUT2D eigenvalue weighted by Gasteiger charge is -2.41. The molecule has 0 bridgehead atoms. The van der Waals surface area contributed by atoms with Gasteiger partial charge in [0, 0.05) is 13.0 Å². The van der Waals surface area contributed by atoms with E-state index in [2.05, 4.69) is 90.9 Å². The number of hydrogen-bond donors (Lipinski definition) is 4. The van der Waals surface area contributed by atoms with Crippen LogP contribution in [0.25, 0.3) is 0 Å². The minimum atomic E-state index is -5.07. The summed E-state index contributed by atoms with van der Waals surface area (Å²) in [5.41, 5.74) is 0. The Bertz CT molecular complexity index is 1560. The van der Waals surface area contributed by atoms with Gasteiger partial charge in [-0.3, -0.25) is 9.35 Å². The van der Waals surface area contributed by atoms with Gasteiger partial charge in [-0.1, -0.05) is 222 Å². The van der Waals surface area contributed by atoms with Gasteiger partial charge in [0.1, 0.15) is 30.5 Å².